The first-order valence-electron chi connectivity index (χ1n) is 7.28. The second-order valence-corrected chi connectivity index (χ2v) is 6.58. The third-order valence-corrected chi connectivity index (χ3v) is 4.82. The van der Waals surface area contributed by atoms with Crippen LogP contribution in [0.25, 0.3) is 0 Å². The van der Waals surface area contributed by atoms with Crippen molar-refractivity contribution < 1.29 is 87.8 Å². The Morgan fingerprint density at radius 3 is 1.03 bits per heavy atom. The van der Waals surface area contributed by atoms with Gasteiger partial charge in [-0.3, -0.25) is 0 Å². The number of alkyl halides is 17. The second-order valence-electron chi connectivity index (χ2n) is 6.58. The molecule has 0 unspecified atom stereocenters. The van der Waals surface area contributed by atoms with Gasteiger partial charge >= 0.3 is 47.4 Å². The molecule has 0 atom stereocenters. The fraction of sp³-hybridized carbons (Fsp3) is 0.692. The van der Waals surface area contributed by atoms with Crippen molar-refractivity contribution in [3.63, 3.8) is 0 Å². The highest BCUT2D eigenvalue weighted by Gasteiger charge is 3.03. The molecule has 0 aromatic heterocycles. The summed E-state index contributed by atoms with van der Waals surface area (Å²) in [5, 5.41) is 0. The van der Waals surface area contributed by atoms with E-state index < -0.39 is 76.1 Å². The van der Waals surface area contributed by atoms with Crippen LogP contribution in [0.5, 0.6) is 0 Å². The predicted octanol–water partition coefficient (Wildman–Crippen LogP) is 7.18. The van der Waals surface area contributed by atoms with Gasteiger partial charge in [0.25, 0.3) is 11.7 Å². The van der Waals surface area contributed by atoms with Gasteiger partial charge in [-0.1, -0.05) is 0 Å². The average molecular weight is 536 g/mol. The Morgan fingerprint density at radius 1 is 0.424 bits per heavy atom. The van der Waals surface area contributed by atoms with Gasteiger partial charge in [0.05, 0.1) is 5.57 Å². The van der Waals surface area contributed by atoms with Gasteiger partial charge in [-0.05, 0) is 0 Å². The molecular weight excluding hydrogens is 536 g/mol. The minimum Gasteiger partial charge on any atom is -0.224 e. The van der Waals surface area contributed by atoms with Crippen molar-refractivity contribution in [3.8, 4) is 0 Å². The number of halogens is 20. The van der Waals surface area contributed by atoms with Gasteiger partial charge in [-0.25, -0.2) is 8.78 Å². The minimum atomic E-state index is -8.39. The fourth-order valence-electron chi connectivity index (χ4n) is 2.99. The van der Waals surface area contributed by atoms with Gasteiger partial charge in [0, 0.05) is 0 Å². The van der Waals surface area contributed by atoms with Gasteiger partial charge in [-0.15, -0.1) is 0 Å². The van der Waals surface area contributed by atoms with E-state index in [2.05, 4.69) is 0 Å². The van der Waals surface area contributed by atoms with Crippen molar-refractivity contribution in [1.82, 2.24) is 0 Å². The molecule has 192 valence electrons. The number of rotatable bonds is 1. The molecule has 0 N–H and O–H groups in total. The monoisotopic (exact) mass is 536 g/mol. The van der Waals surface area contributed by atoms with Crippen LogP contribution in [0.3, 0.4) is 0 Å². The first-order valence-corrected chi connectivity index (χ1v) is 7.28. The summed E-state index contributed by atoms with van der Waals surface area (Å²) in [6.45, 7) is 0. The molecule has 0 aromatic carbocycles. The zero-order valence-corrected chi connectivity index (χ0v) is 14.1. The van der Waals surface area contributed by atoms with Crippen LogP contribution in [0, 0.1) is 0 Å². The zero-order chi connectivity index (χ0) is 26.8. The van der Waals surface area contributed by atoms with Crippen molar-refractivity contribution in [2.45, 2.75) is 53.0 Å². The first kappa shape index (κ1) is 27.3. The quantitative estimate of drug-likeness (QED) is 0.312. The first-order chi connectivity index (χ1) is 14.1. The van der Waals surface area contributed by atoms with Crippen LogP contribution in [-0.4, -0.2) is 53.0 Å². The summed E-state index contributed by atoms with van der Waals surface area (Å²) in [5.41, 5.74) is -18.4. The summed E-state index contributed by atoms with van der Waals surface area (Å²) in [6, 6.07) is 0. The molecule has 0 aromatic rings. The molecule has 33 heavy (non-hydrogen) atoms. The van der Waals surface area contributed by atoms with E-state index in [1.54, 1.807) is 0 Å². The van der Waals surface area contributed by atoms with Crippen LogP contribution < -0.4 is 0 Å². The molecular formula is C13F20. The van der Waals surface area contributed by atoms with Crippen molar-refractivity contribution in [2.24, 2.45) is 0 Å². The van der Waals surface area contributed by atoms with E-state index in [0.717, 1.165) is 0 Å². The van der Waals surface area contributed by atoms with E-state index in [9.17, 15) is 87.8 Å². The summed E-state index contributed by atoms with van der Waals surface area (Å²) >= 11 is 0. The van der Waals surface area contributed by atoms with E-state index in [4.69, 9.17) is 0 Å². The lowest BCUT2D eigenvalue weighted by molar-refractivity contribution is -0.479. The predicted molar refractivity (Wildman–Crippen MR) is 60.8 cm³/mol. The maximum Gasteiger partial charge on any atom is 0.384 e. The third-order valence-electron chi connectivity index (χ3n) is 4.82. The highest BCUT2D eigenvalue weighted by atomic mass is 19.4. The fourth-order valence-corrected chi connectivity index (χ4v) is 2.99. The van der Waals surface area contributed by atoms with Gasteiger partial charge in [-0.2, -0.15) is 79.0 Å². The Labute approximate surface area is 165 Å². The van der Waals surface area contributed by atoms with Crippen LogP contribution in [-0.2, 0) is 0 Å². The summed E-state index contributed by atoms with van der Waals surface area (Å²) in [7, 11) is 0. The third kappa shape index (κ3) is 2.37. The van der Waals surface area contributed by atoms with E-state index in [0.29, 0.717) is 0 Å². The number of hydrogen-bond acceptors (Lipinski definition) is 0. The Bertz CT molecular complexity index is 898. The molecule has 20 heteroatoms. The molecule has 2 rings (SSSR count). The molecule has 0 heterocycles. The van der Waals surface area contributed by atoms with Gasteiger partial charge < -0.3 is 0 Å². The molecule has 0 amide bonds. The smallest absolute Gasteiger partial charge is 0.224 e. The number of hydrogen-bond donors (Lipinski definition) is 0. The summed E-state index contributed by atoms with van der Waals surface area (Å²) in [5.74, 6) is -69.2. The maximum atomic E-state index is 14.8. The maximum absolute atomic E-state index is 14.8. The zero-order valence-electron chi connectivity index (χ0n) is 14.1. The molecule has 0 bridgehead atoms. The van der Waals surface area contributed by atoms with E-state index in [-0.39, 0.29) is 0 Å². The van der Waals surface area contributed by atoms with Crippen LogP contribution in [0.2, 0.25) is 0 Å². The molecule has 0 radical (unpaired) electrons. The van der Waals surface area contributed by atoms with Gasteiger partial charge in [0.1, 0.15) is 5.57 Å². The lowest BCUT2D eigenvalue weighted by Crippen LogP contribution is -2.84. The minimum absolute atomic E-state index is 4.89. The van der Waals surface area contributed by atoms with Crippen LogP contribution in [0.15, 0.2) is 23.1 Å². The highest BCUT2D eigenvalue weighted by Crippen LogP contribution is 2.74. The lowest BCUT2D eigenvalue weighted by atomic mass is 9.64. The Balaban J connectivity index is 3.27. The van der Waals surface area contributed by atoms with Crippen molar-refractivity contribution in [2.75, 3.05) is 0 Å². The standard InChI is InChI=1S/C13F20/c14-3-1(2(4(15)16)6(18,19)10(26,27)7(3,20)21)5(17)8(22,23)11(28,29)13(32,33)12(30,31)9(5,24)25. The van der Waals surface area contributed by atoms with E-state index in [1.807, 2.05) is 0 Å². The van der Waals surface area contributed by atoms with E-state index in [1.165, 1.54) is 0 Å². The molecule has 1 saturated carbocycles. The summed E-state index contributed by atoms with van der Waals surface area (Å²) in [6.07, 6.45) is -4.90. The SMILES string of the molecule is FC(F)=C1C(C2(F)C(F)(F)C(F)(F)C(F)(F)C(F)(F)C2(F)F)=C(F)C(F)(F)C(F)(F)C1(F)F. The molecule has 0 spiro atoms. The summed E-state index contributed by atoms with van der Waals surface area (Å²) in [4.78, 5) is 0. The van der Waals surface area contributed by atoms with Gasteiger partial charge in [0.15, 0.2) is 5.83 Å². The van der Waals surface area contributed by atoms with Crippen molar-refractivity contribution in [3.05, 3.63) is 23.1 Å². The molecule has 2 aliphatic rings. The molecule has 2 aliphatic carbocycles. The Morgan fingerprint density at radius 2 is 0.727 bits per heavy atom. The number of allylic oxidation sites excluding steroid dienone is 3. The molecule has 1 fully saturated rings. The Hall–Kier alpha value is -1.92. The average Bonchev–Trinajstić information content (AvgIpc) is 2.61. The topological polar surface area (TPSA) is 0 Å². The lowest BCUT2D eigenvalue weighted by Gasteiger charge is -2.54. The Kier molecular flexibility index (Phi) is 5.13. The molecule has 0 saturated heterocycles. The van der Waals surface area contributed by atoms with Crippen LogP contribution in [0.1, 0.15) is 0 Å². The second kappa shape index (κ2) is 6.19. The largest absolute Gasteiger partial charge is 0.384 e. The highest BCUT2D eigenvalue weighted by molar-refractivity contribution is 5.57. The van der Waals surface area contributed by atoms with Crippen LogP contribution in [0.4, 0.5) is 87.8 Å². The van der Waals surface area contributed by atoms with Gasteiger partial charge in [0.2, 0.25) is 0 Å². The van der Waals surface area contributed by atoms with Crippen molar-refractivity contribution in [1.29, 1.82) is 0 Å². The summed E-state index contributed by atoms with van der Waals surface area (Å²) < 4.78 is 270. The van der Waals surface area contributed by atoms with Crippen molar-refractivity contribution >= 4 is 0 Å². The van der Waals surface area contributed by atoms with E-state index >= 15 is 0 Å². The molecule has 0 nitrogen and oxygen atoms in total. The molecule has 0 aliphatic heterocycles. The normalized spacial score (nSPS) is 31.8. The van der Waals surface area contributed by atoms with Crippen LogP contribution >= 0.6 is 0 Å².